The van der Waals surface area contributed by atoms with Crippen molar-refractivity contribution >= 4 is 23.5 Å². The van der Waals surface area contributed by atoms with E-state index in [1.165, 1.54) is 16.9 Å². The fourth-order valence-electron chi connectivity index (χ4n) is 2.98. The molecule has 0 unspecified atom stereocenters. The summed E-state index contributed by atoms with van der Waals surface area (Å²) in [6.07, 6.45) is 2.30. The summed E-state index contributed by atoms with van der Waals surface area (Å²) in [4.78, 5) is 23.0. The van der Waals surface area contributed by atoms with Crippen LogP contribution in [0.3, 0.4) is 0 Å². The third-order valence-electron chi connectivity index (χ3n) is 4.07. The van der Waals surface area contributed by atoms with Gasteiger partial charge in [-0.15, -0.1) is 0 Å². The molecule has 0 radical (unpaired) electrons. The van der Waals surface area contributed by atoms with Crippen molar-refractivity contribution in [3.05, 3.63) is 52.3 Å². The van der Waals surface area contributed by atoms with Gasteiger partial charge in [0.2, 0.25) is 5.91 Å². The van der Waals surface area contributed by atoms with Gasteiger partial charge in [0.1, 0.15) is 6.54 Å². The molecule has 0 spiro atoms. The van der Waals surface area contributed by atoms with E-state index in [-0.39, 0.29) is 30.1 Å². The van der Waals surface area contributed by atoms with Gasteiger partial charge in [-0.25, -0.2) is 4.79 Å². The number of fused-ring (bicyclic) bond motifs is 1. The molecule has 1 heterocycles. The van der Waals surface area contributed by atoms with Crippen LogP contribution in [0.2, 0.25) is 5.02 Å². The fourth-order valence-corrected chi connectivity index (χ4v) is 3.24. The van der Waals surface area contributed by atoms with E-state index in [9.17, 15) is 9.59 Å². The minimum absolute atomic E-state index is 0.0214. The van der Waals surface area contributed by atoms with Crippen LogP contribution in [0, 0.1) is 5.92 Å². The van der Waals surface area contributed by atoms with Crippen LogP contribution in [0.1, 0.15) is 34.6 Å². The summed E-state index contributed by atoms with van der Waals surface area (Å²) < 4.78 is 1.32. The van der Waals surface area contributed by atoms with Gasteiger partial charge >= 0.3 is 5.97 Å². The maximum atomic E-state index is 12.2. The number of halogens is 1. The summed E-state index contributed by atoms with van der Waals surface area (Å²) in [5.74, 6) is -1.08. The average Bonchev–Trinajstić information content (AvgIpc) is 3.06. The van der Waals surface area contributed by atoms with E-state index in [1.54, 1.807) is 0 Å². The lowest BCUT2D eigenvalue weighted by Gasteiger charge is -2.18. The summed E-state index contributed by atoms with van der Waals surface area (Å²) >= 11 is 6.22. The largest absolute Gasteiger partial charge is 0.476 e. The van der Waals surface area contributed by atoms with Crippen LogP contribution in [0.15, 0.2) is 30.5 Å². The number of carbonyl (C=O) groups is 2. The van der Waals surface area contributed by atoms with E-state index >= 15 is 0 Å². The van der Waals surface area contributed by atoms with Crippen molar-refractivity contribution < 1.29 is 14.7 Å². The van der Waals surface area contributed by atoms with Crippen molar-refractivity contribution in [3.8, 4) is 0 Å². The quantitative estimate of drug-likeness (QED) is 0.899. The van der Waals surface area contributed by atoms with E-state index in [2.05, 4.69) is 17.3 Å². The first-order valence-corrected chi connectivity index (χ1v) is 7.67. The van der Waals surface area contributed by atoms with Crippen LogP contribution >= 0.6 is 11.6 Å². The minimum atomic E-state index is -1.11. The zero-order chi connectivity index (χ0) is 16.6. The Kier molecular flexibility index (Phi) is 4.09. The highest BCUT2D eigenvalue weighted by molar-refractivity contribution is 6.31. The van der Waals surface area contributed by atoms with Crippen LogP contribution in [-0.4, -0.2) is 26.8 Å². The second-order valence-corrected chi connectivity index (χ2v) is 6.15. The van der Waals surface area contributed by atoms with E-state index in [4.69, 9.17) is 16.7 Å². The molecule has 0 saturated carbocycles. The molecular formula is C16H16ClN3O3. The molecule has 7 heteroatoms. The lowest BCUT2D eigenvalue weighted by Crippen LogP contribution is -2.33. The van der Waals surface area contributed by atoms with Gasteiger partial charge < -0.3 is 10.4 Å². The number of hydrogen-bond donors (Lipinski definition) is 2. The first-order valence-electron chi connectivity index (χ1n) is 7.29. The number of aromatic carboxylic acids is 1. The Hall–Kier alpha value is -2.34. The molecule has 1 aliphatic rings. The maximum absolute atomic E-state index is 12.2. The molecule has 1 amide bonds. The van der Waals surface area contributed by atoms with Gasteiger partial charge in [-0.1, -0.05) is 30.7 Å². The number of hydrogen-bond acceptors (Lipinski definition) is 3. The second kappa shape index (κ2) is 6.04. The Morgan fingerprint density at radius 3 is 2.91 bits per heavy atom. The molecule has 2 N–H and O–H groups in total. The molecule has 3 rings (SSSR count). The van der Waals surface area contributed by atoms with E-state index in [0.29, 0.717) is 0 Å². The Morgan fingerprint density at radius 1 is 1.43 bits per heavy atom. The van der Waals surface area contributed by atoms with Gasteiger partial charge in [0, 0.05) is 11.2 Å². The number of carboxylic acids is 1. The van der Waals surface area contributed by atoms with Gasteiger partial charge in [0.25, 0.3) is 0 Å². The van der Waals surface area contributed by atoms with Crippen LogP contribution in [0.25, 0.3) is 0 Å². The first kappa shape index (κ1) is 15.6. The van der Waals surface area contributed by atoms with Crippen LogP contribution in [0.5, 0.6) is 0 Å². The fraction of sp³-hybridized carbons (Fsp3) is 0.312. The number of carboxylic acid groups (broad SMARTS) is 1. The standard InChI is InChI=1S/C16H16ClN3O3/c1-9-7-11-10(3-2-4-12(11)17)15(9)18-14(21)8-20-6-5-13(19-20)16(22)23/h2-6,9,15H,7-8H2,1H3,(H,18,21)(H,22,23)/t9-,15-/m1/s1. The Labute approximate surface area is 138 Å². The number of amides is 1. The zero-order valence-electron chi connectivity index (χ0n) is 12.5. The summed E-state index contributed by atoms with van der Waals surface area (Å²) in [5, 5.41) is 16.4. The molecule has 1 aliphatic carbocycles. The third kappa shape index (κ3) is 3.07. The second-order valence-electron chi connectivity index (χ2n) is 5.74. The molecular weight excluding hydrogens is 318 g/mol. The monoisotopic (exact) mass is 333 g/mol. The number of carbonyl (C=O) groups excluding carboxylic acids is 1. The normalized spacial score (nSPS) is 19.4. The summed E-state index contributed by atoms with van der Waals surface area (Å²) in [5.41, 5.74) is 2.05. The van der Waals surface area contributed by atoms with Crippen molar-refractivity contribution in [1.82, 2.24) is 15.1 Å². The van der Waals surface area contributed by atoms with Gasteiger partial charge in [0.05, 0.1) is 6.04 Å². The molecule has 120 valence electrons. The molecule has 0 fully saturated rings. The number of benzene rings is 1. The summed E-state index contributed by atoms with van der Waals surface area (Å²) in [7, 11) is 0. The predicted molar refractivity (Wildman–Crippen MR) is 84.4 cm³/mol. The van der Waals surface area contributed by atoms with Crippen molar-refractivity contribution in [1.29, 1.82) is 0 Å². The summed E-state index contributed by atoms with van der Waals surface area (Å²) in [6, 6.07) is 6.99. The summed E-state index contributed by atoms with van der Waals surface area (Å²) in [6.45, 7) is 2.05. The molecule has 6 nitrogen and oxygen atoms in total. The van der Waals surface area contributed by atoms with Crippen LogP contribution < -0.4 is 5.32 Å². The molecule has 2 atom stereocenters. The van der Waals surface area contributed by atoms with Crippen molar-refractivity contribution in [3.63, 3.8) is 0 Å². The average molecular weight is 334 g/mol. The van der Waals surface area contributed by atoms with Crippen molar-refractivity contribution in [2.24, 2.45) is 5.92 Å². The van der Waals surface area contributed by atoms with Gasteiger partial charge in [0.15, 0.2) is 5.69 Å². The third-order valence-corrected chi connectivity index (χ3v) is 4.42. The highest BCUT2D eigenvalue weighted by atomic mass is 35.5. The Balaban J connectivity index is 1.71. The number of nitrogens with one attached hydrogen (secondary N) is 1. The molecule has 0 bridgehead atoms. The van der Waals surface area contributed by atoms with E-state index < -0.39 is 5.97 Å². The molecule has 23 heavy (non-hydrogen) atoms. The molecule has 2 aromatic rings. The SMILES string of the molecule is C[C@@H]1Cc2c(Cl)cccc2[C@@H]1NC(=O)Cn1ccc(C(=O)O)n1. The number of nitrogens with zero attached hydrogens (tertiary/aromatic N) is 2. The topological polar surface area (TPSA) is 84.2 Å². The maximum Gasteiger partial charge on any atom is 0.356 e. The Bertz CT molecular complexity index is 772. The molecule has 1 aromatic heterocycles. The molecule has 1 aromatic carbocycles. The highest BCUT2D eigenvalue weighted by Gasteiger charge is 2.31. The van der Waals surface area contributed by atoms with Gasteiger partial charge in [-0.3, -0.25) is 9.48 Å². The predicted octanol–water partition coefficient (Wildman–Crippen LogP) is 2.28. The Morgan fingerprint density at radius 2 is 2.22 bits per heavy atom. The van der Waals surface area contributed by atoms with E-state index in [0.717, 1.165) is 22.6 Å². The van der Waals surface area contributed by atoms with Crippen molar-refractivity contribution in [2.45, 2.75) is 25.9 Å². The zero-order valence-corrected chi connectivity index (χ0v) is 13.2. The van der Waals surface area contributed by atoms with Crippen LogP contribution in [0.4, 0.5) is 0 Å². The number of rotatable bonds is 4. The lowest BCUT2D eigenvalue weighted by atomic mass is 10.0. The lowest BCUT2D eigenvalue weighted by molar-refractivity contribution is -0.122. The first-order chi connectivity index (χ1) is 11.0. The van der Waals surface area contributed by atoms with Gasteiger partial charge in [-0.05, 0) is 35.6 Å². The highest BCUT2D eigenvalue weighted by Crippen LogP contribution is 2.39. The van der Waals surface area contributed by atoms with Gasteiger partial charge in [-0.2, -0.15) is 5.10 Å². The molecule has 0 aliphatic heterocycles. The number of aromatic nitrogens is 2. The van der Waals surface area contributed by atoms with Crippen LogP contribution in [-0.2, 0) is 17.8 Å². The van der Waals surface area contributed by atoms with E-state index in [1.807, 2.05) is 18.2 Å². The minimum Gasteiger partial charge on any atom is -0.476 e. The smallest absolute Gasteiger partial charge is 0.356 e. The molecule has 0 saturated heterocycles. The van der Waals surface area contributed by atoms with Crippen molar-refractivity contribution in [2.75, 3.05) is 0 Å².